The minimum absolute atomic E-state index is 0. The number of piperidine rings is 1. The molecule has 2 aromatic rings. The summed E-state index contributed by atoms with van der Waals surface area (Å²) in [4.78, 5) is 17.0. The predicted molar refractivity (Wildman–Crippen MR) is 105 cm³/mol. The highest BCUT2D eigenvalue weighted by atomic mass is 79.9. The molecule has 1 aromatic carbocycles. The number of nitrogens with one attached hydrogen (secondary N) is 2. The first-order valence-electron chi connectivity index (χ1n) is 7.86. The number of aromatic nitrogens is 1. The van der Waals surface area contributed by atoms with Crippen molar-refractivity contribution in [1.29, 1.82) is 0 Å². The van der Waals surface area contributed by atoms with Crippen molar-refractivity contribution in [3.63, 3.8) is 0 Å². The summed E-state index contributed by atoms with van der Waals surface area (Å²) in [5.74, 6) is 0.281. The monoisotopic (exact) mass is 429 g/mol. The van der Waals surface area contributed by atoms with E-state index in [4.69, 9.17) is 0 Å². The first kappa shape index (κ1) is 19.4. The minimum Gasteiger partial charge on any atom is -0.347 e. The van der Waals surface area contributed by atoms with Crippen LogP contribution in [0.2, 0.25) is 0 Å². The van der Waals surface area contributed by atoms with Gasteiger partial charge >= 0.3 is 0 Å². The van der Waals surface area contributed by atoms with E-state index in [0.717, 1.165) is 46.7 Å². The number of amides is 1. The zero-order chi connectivity index (χ0) is 16.2. The summed E-state index contributed by atoms with van der Waals surface area (Å²) in [6.07, 6.45) is 1.83. The molecule has 4 nitrogen and oxygen atoms in total. The fourth-order valence-electron chi connectivity index (χ4n) is 2.72. The molecular weight excluding hydrogens is 410 g/mol. The molecule has 0 saturated carbocycles. The predicted octanol–water partition coefficient (Wildman–Crippen LogP) is 4.17. The summed E-state index contributed by atoms with van der Waals surface area (Å²) in [7, 11) is 0. The number of hydrogen-bond acceptors (Lipinski definition) is 4. The van der Waals surface area contributed by atoms with Gasteiger partial charge in [-0.25, -0.2) is 4.98 Å². The summed E-state index contributed by atoms with van der Waals surface area (Å²) < 4.78 is 1.05. The van der Waals surface area contributed by atoms with E-state index in [1.54, 1.807) is 11.3 Å². The molecule has 1 fully saturated rings. The molecule has 0 radical (unpaired) electrons. The summed E-state index contributed by atoms with van der Waals surface area (Å²) in [6.45, 7) is 3.86. The van der Waals surface area contributed by atoms with Crippen LogP contribution in [0.4, 0.5) is 0 Å². The Morgan fingerprint density at radius 3 is 2.67 bits per heavy atom. The Labute approximate surface area is 161 Å². The molecule has 24 heavy (non-hydrogen) atoms. The van der Waals surface area contributed by atoms with E-state index in [1.807, 2.05) is 36.6 Å². The smallest absolute Gasteiger partial charge is 0.223 e. The molecule has 7 heteroatoms. The molecule has 1 saturated heterocycles. The number of thiazole rings is 1. The molecule has 3 rings (SSSR count). The van der Waals surface area contributed by atoms with Crippen LogP contribution in [0.5, 0.6) is 0 Å². The number of carbonyl (C=O) groups excluding carboxylic acids is 1. The number of hydrogen-bond donors (Lipinski definition) is 2. The maximum atomic E-state index is 12.3. The third kappa shape index (κ3) is 4.79. The van der Waals surface area contributed by atoms with Gasteiger partial charge in [0.1, 0.15) is 5.01 Å². The van der Waals surface area contributed by atoms with Gasteiger partial charge in [0.2, 0.25) is 5.91 Å². The lowest BCUT2D eigenvalue weighted by Crippen LogP contribution is -2.39. The molecule has 1 aliphatic rings. The van der Waals surface area contributed by atoms with Crippen molar-refractivity contribution < 1.29 is 4.79 Å². The van der Waals surface area contributed by atoms with Crippen molar-refractivity contribution in [3.05, 3.63) is 39.1 Å². The fraction of sp³-hybridized carbons (Fsp3) is 0.412. The van der Waals surface area contributed by atoms with Gasteiger partial charge in [-0.15, -0.1) is 23.7 Å². The number of halogens is 2. The van der Waals surface area contributed by atoms with E-state index in [0.29, 0.717) is 0 Å². The van der Waals surface area contributed by atoms with E-state index in [9.17, 15) is 4.79 Å². The standard InChI is InChI=1S/C17H20BrN3OS.ClH/c1-11(20-16(22)13-6-8-19-9-7-13)17-21-15(10-23-17)12-2-4-14(18)5-3-12;/h2-5,10-11,13,19H,6-9H2,1H3,(H,20,22);1H. The van der Waals surface area contributed by atoms with Crippen molar-refractivity contribution in [2.75, 3.05) is 13.1 Å². The van der Waals surface area contributed by atoms with Gasteiger partial charge in [-0.05, 0) is 45.0 Å². The zero-order valence-electron chi connectivity index (χ0n) is 13.4. The Morgan fingerprint density at radius 1 is 1.33 bits per heavy atom. The van der Waals surface area contributed by atoms with Crippen LogP contribution in [0, 0.1) is 5.92 Å². The Hall–Kier alpha value is -0.950. The second-order valence-electron chi connectivity index (χ2n) is 5.83. The van der Waals surface area contributed by atoms with E-state index in [2.05, 4.69) is 31.5 Å². The molecular formula is C17H21BrClN3OS. The van der Waals surface area contributed by atoms with Crippen LogP contribution >= 0.6 is 39.7 Å². The minimum atomic E-state index is -0.0495. The molecule has 130 valence electrons. The van der Waals surface area contributed by atoms with Crippen LogP contribution < -0.4 is 10.6 Å². The number of rotatable bonds is 4. The second-order valence-corrected chi connectivity index (χ2v) is 7.64. The van der Waals surface area contributed by atoms with Gasteiger partial charge in [-0.3, -0.25) is 4.79 Å². The summed E-state index contributed by atoms with van der Waals surface area (Å²) in [5.41, 5.74) is 2.05. The Morgan fingerprint density at radius 2 is 2.00 bits per heavy atom. The molecule has 1 amide bonds. The van der Waals surface area contributed by atoms with Crippen LogP contribution in [0.25, 0.3) is 11.3 Å². The van der Waals surface area contributed by atoms with Gasteiger partial charge in [0.05, 0.1) is 11.7 Å². The molecule has 2 heterocycles. The Bertz CT molecular complexity index is 671. The van der Waals surface area contributed by atoms with Gasteiger partial charge < -0.3 is 10.6 Å². The molecule has 1 aliphatic heterocycles. The third-order valence-corrected chi connectivity index (χ3v) is 5.66. The van der Waals surface area contributed by atoms with Gasteiger partial charge in [0.15, 0.2) is 0 Å². The van der Waals surface area contributed by atoms with Crippen molar-refractivity contribution in [3.8, 4) is 11.3 Å². The molecule has 1 atom stereocenters. The van der Waals surface area contributed by atoms with Gasteiger partial charge in [-0.1, -0.05) is 28.1 Å². The quantitative estimate of drug-likeness (QED) is 0.765. The highest BCUT2D eigenvalue weighted by Crippen LogP contribution is 2.27. The maximum absolute atomic E-state index is 12.3. The van der Waals surface area contributed by atoms with Crippen LogP contribution in [-0.4, -0.2) is 24.0 Å². The maximum Gasteiger partial charge on any atom is 0.223 e. The largest absolute Gasteiger partial charge is 0.347 e. The SMILES string of the molecule is CC(NC(=O)C1CCNCC1)c1nc(-c2ccc(Br)cc2)cs1.Cl. The van der Waals surface area contributed by atoms with E-state index in [1.165, 1.54) is 0 Å². The average Bonchev–Trinajstić information content (AvgIpc) is 3.06. The third-order valence-electron chi connectivity index (χ3n) is 4.10. The van der Waals surface area contributed by atoms with Gasteiger partial charge in [0.25, 0.3) is 0 Å². The molecule has 1 unspecified atom stereocenters. The van der Waals surface area contributed by atoms with Crippen molar-refractivity contribution in [1.82, 2.24) is 15.6 Å². The van der Waals surface area contributed by atoms with E-state index >= 15 is 0 Å². The molecule has 1 aromatic heterocycles. The molecule has 0 aliphatic carbocycles. The summed E-state index contributed by atoms with van der Waals surface area (Å²) in [6, 6.07) is 8.06. The van der Waals surface area contributed by atoms with Gasteiger partial charge in [0, 0.05) is 21.3 Å². The normalized spacial score (nSPS) is 16.2. The lowest BCUT2D eigenvalue weighted by Gasteiger charge is -2.23. The van der Waals surface area contributed by atoms with Crippen LogP contribution in [0.3, 0.4) is 0 Å². The number of benzene rings is 1. The molecule has 0 spiro atoms. The fourth-order valence-corrected chi connectivity index (χ4v) is 3.82. The average molecular weight is 431 g/mol. The van der Waals surface area contributed by atoms with E-state index < -0.39 is 0 Å². The lowest BCUT2D eigenvalue weighted by molar-refractivity contribution is -0.126. The highest BCUT2D eigenvalue weighted by Gasteiger charge is 2.23. The van der Waals surface area contributed by atoms with Crippen molar-refractivity contribution >= 4 is 45.6 Å². The Balaban J connectivity index is 0.00000208. The highest BCUT2D eigenvalue weighted by molar-refractivity contribution is 9.10. The Kier molecular flexibility index (Phi) is 7.22. The van der Waals surface area contributed by atoms with Crippen molar-refractivity contribution in [2.45, 2.75) is 25.8 Å². The first-order valence-corrected chi connectivity index (χ1v) is 9.53. The number of nitrogens with zero attached hydrogens (tertiary/aromatic N) is 1. The van der Waals surface area contributed by atoms with Crippen molar-refractivity contribution in [2.24, 2.45) is 5.92 Å². The number of carbonyl (C=O) groups is 1. The van der Waals surface area contributed by atoms with Gasteiger partial charge in [-0.2, -0.15) is 0 Å². The first-order chi connectivity index (χ1) is 11.1. The summed E-state index contributed by atoms with van der Waals surface area (Å²) >= 11 is 5.04. The second kappa shape index (κ2) is 8.94. The topological polar surface area (TPSA) is 54.0 Å². The molecule has 0 bridgehead atoms. The van der Waals surface area contributed by atoms with E-state index in [-0.39, 0.29) is 30.3 Å². The van der Waals surface area contributed by atoms with Crippen LogP contribution in [-0.2, 0) is 4.79 Å². The van der Waals surface area contributed by atoms with Crippen LogP contribution in [0.15, 0.2) is 34.1 Å². The van der Waals surface area contributed by atoms with Crippen LogP contribution in [0.1, 0.15) is 30.8 Å². The lowest BCUT2D eigenvalue weighted by atomic mass is 9.97. The molecule has 2 N–H and O–H groups in total. The summed E-state index contributed by atoms with van der Waals surface area (Å²) in [5, 5.41) is 9.40. The zero-order valence-corrected chi connectivity index (χ0v) is 16.6.